The Morgan fingerprint density at radius 1 is 0.409 bits per heavy atom. The molecule has 700 valence electrons. The van der Waals surface area contributed by atoms with Gasteiger partial charge in [-0.15, -0.1) is 0 Å². The highest BCUT2D eigenvalue weighted by molar-refractivity contribution is 8.77. The van der Waals surface area contributed by atoms with E-state index in [9.17, 15) is 68.4 Å². The summed E-state index contributed by atoms with van der Waals surface area (Å²) in [7, 11) is 6.24. The highest BCUT2D eigenvalue weighted by Crippen LogP contribution is 2.49. The number of alkyl carbamates (subject to hydrolysis) is 6. The first-order chi connectivity index (χ1) is 62.9. The number of carboxylic acids is 4. The molecule has 1 heterocycles. The van der Waals surface area contributed by atoms with Crippen LogP contribution in [-0.4, -0.2) is 189 Å². The number of rotatable bonds is 36. The van der Waals surface area contributed by atoms with Crippen LogP contribution in [0, 0.1) is 0 Å². The van der Waals surface area contributed by atoms with Crippen molar-refractivity contribution in [3.05, 3.63) is 249 Å². The number of amides is 6. The van der Waals surface area contributed by atoms with Gasteiger partial charge in [0.2, 0.25) is 0 Å². The number of hydrogen-bond acceptors (Lipinski definition) is 23. The van der Waals surface area contributed by atoms with Crippen molar-refractivity contribution >= 4 is 104 Å². The van der Waals surface area contributed by atoms with Gasteiger partial charge in [0.05, 0.1) is 0 Å². The molecule has 6 atom stereocenters. The Morgan fingerprint density at radius 3 is 1.01 bits per heavy atom. The molecule has 8 aromatic carbocycles. The van der Waals surface area contributed by atoms with Crippen LogP contribution in [0.4, 0.5) is 28.8 Å². The standard InChI is InChI=1S/C30H40N2O6S2.C27H34N2O6S2.C20H20N4O4.C20H19N3O4/c1-29(2,3)38-27(35)31-16-15-19(39-40-30(4,5)6)17-25(26(33)34)32-28(36)37-18-24-22-13-9-7-11-20(22)21-12-8-10-14-23(21)24;1-27(2,3)35-25(32)28-15-17(37-36-4)13-14-23(24(30)31)29-26(33)34-16-22-20-11-7-5-9-18(20)19-10-6-8-12-21(19)22;21-24-22-11-5-10-18(19(25)26)23-20(27)28-12-17-15-8-3-1-6-13(15)14-7-2-4-9-16(14)17;1-20(22-23-20)10-17(18(24)25)21-19(26)27-11-16-14-8-4-2-6-12(14)13-7-3-5-9-15(13)16/h7-14,19,24-25H,15-18H2,1-6H3,(H,31,35)(H,32,36)(H,33,34);5-12,17,22-23H,13-16H2,1-4H3,(H,28,32)(H,29,33)(H,30,31);1-4,6-9,17-18H,5,10-12H2,(H,23,27)(H,25,26);2-9,16-17H,10-11H2,1H3,(H,21,26)(H,24,25)/t19?,25-;17?,23-;18-;17-/m0000/s1. The fourth-order valence-electron chi connectivity index (χ4n) is 15.5. The van der Waals surface area contributed by atoms with Gasteiger partial charge in [0.15, 0.2) is 5.66 Å². The number of carbonyl (C=O) groups is 10. The van der Waals surface area contributed by atoms with Crippen molar-refractivity contribution in [3.63, 3.8) is 0 Å². The van der Waals surface area contributed by atoms with Gasteiger partial charge < -0.3 is 80.7 Å². The van der Waals surface area contributed by atoms with Crippen LogP contribution in [0.15, 0.2) is 209 Å². The molecular formula is C97H113N11O20S4. The minimum Gasteiger partial charge on any atom is -0.480 e. The summed E-state index contributed by atoms with van der Waals surface area (Å²) in [6, 6.07) is 59.6. The number of azide groups is 1. The van der Waals surface area contributed by atoms with E-state index < -0.39 is 101 Å². The van der Waals surface area contributed by atoms with E-state index in [2.05, 4.69) is 109 Å². The number of nitrogens with zero attached hydrogens (tertiary/aromatic N) is 5. The predicted molar refractivity (Wildman–Crippen MR) is 510 cm³/mol. The summed E-state index contributed by atoms with van der Waals surface area (Å²) in [6.07, 6.45) is -0.278. The first-order valence-electron chi connectivity index (χ1n) is 43.2. The van der Waals surface area contributed by atoms with Crippen molar-refractivity contribution in [3.8, 4) is 44.5 Å². The zero-order valence-electron chi connectivity index (χ0n) is 75.3. The second-order valence-corrected chi connectivity index (χ2v) is 41.0. The number of benzene rings is 8. The van der Waals surface area contributed by atoms with Gasteiger partial charge in [0.1, 0.15) is 61.8 Å². The summed E-state index contributed by atoms with van der Waals surface area (Å²) < 4.78 is 32.3. The first kappa shape index (κ1) is 102. The van der Waals surface area contributed by atoms with Gasteiger partial charge in [-0.05, 0) is 188 Å². The van der Waals surface area contributed by atoms with Crippen molar-refractivity contribution < 1.29 is 96.8 Å². The average molecular weight is 1880 g/mol. The van der Waals surface area contributed by atoms with Crippen molar-refractivity contribution in [2.45, 2.75) is 194 Å². The molecule has 0 spiro atoms. The molecule has 132 heavy (non-hydrogen) atoms. The fraction of sp³-hybridized carbons (Fsp3) is 0.402. The first-order valence-corrected chi connectivity index (χ1v) is 48.0. The van der Waals surface area contributed by atoms with Crippen LogP contribution >= 0.6 is 43.2 Å². The molecule has 1 aliphatic heterocycles. The third-order valence-corrected chi connectivity index (χ3v) is 27.7. The van der Waals surface area contributed by atoms with Crippen LogP contribution in [0.2, 0.25) is 0 Å². The van der Waals surface area contributed by atoms with E-state index in [1.165, 1.54) is 21.6 Å². The van der Waals surface area contributed by atoms with Crippen LogP contribution in [0.1, 0.15) is 182 Å². The van der Waals surface area contributed by atoms with Gasteiger partial charge in [-0.25, -0.2) is 47.9 Å². The van der Waals surface area contributed by atoms with Gasteiger partial charge >= 0.3 is 60.4 Å². The molecule has 4 aliphatic carbocycles. The maximum Gasteiger partial charge on any atom is 0.407 e. The Morgan fingerprint density at radius 2 is 0.712 bits per heavy atom. The number of aliphatic carboxylic acids is 4. The van der Waals surface area contributed by atoms with Crippen LogP contribution in [-0.2, 0) is 47.6 Å². The molecule has 0 bridgehead atoms. The quantitative estimate of drug-likeness (QED) is 0.00435. The molecule has 10 N–H and O–H groups in total. The van der Waals surface area contributed by atoms with E-state index in [0.717, 1.165) is 89.0 Å². The Kier molecular flexibility index (Phi) is 36.7. The summed E-state index contributed by atoms with van der Waals surface area (Å²) in [4.78, 5) is 123. The summed E-state index contributed by atoms with van der Waals surface area (Å²) in [5, 5.41) is 64.1. The molecule has 2 unspecified atom stereocenters. The third-order valence-electron chi connectivity index (χ3n) is 21.5. The molecule has 0 aromatic heterocycles. The number of ether oxygens (including phenoxy) is 6. The number of fused-ring (bicyclic) bond motifs is 12. The number of carbonyl (C=O) groups excluding carboxylic acids is 6. The molecule has 0 fully saturated rings. The van der Waals surface area contributed by atoms with E-state index in [-0.39, 0.29) is 97.6 Å². The van der Waals surface area contributed by atoms with Gasteiger partial charge in [-0.1, -0.05) is 263 Å². The lowest BCUT2D eigenvalue weighted by molar-refractivity contribution is -0.140. The zero-order chi connectivity index (χ0) is 95.5. The summed E-state index contributed by atoms with van der Waals surface area (Å²) >= 11 is 0. The highest BCUT2D eigenvalue weighted by atomic mass is 33.1. The lowest BCUT2D eigenvalue weighted by atomic mass is 9.98. The summed E-state index contributed by atoms with van der Waals surface area (Å²) in [5.41, 5.74) is 24.0. The van der Waals surface area contributed by atoms with E-state index in [0.29, 0.717) is 32.4 Å². The van der Waals surface area contributed by atoms with Crippen LogP contribution in [0.25, 0.3) is 55.0 Å². The largest absolute Gasteiger partial charge is 0.480 e. The second kappa shape index (κ2) is 47.6. The number of carboxylic acid groups (broad SMARTS) is 4. The summed E-state index contributed by atoms with van der Waals surface area (Å²) in [5.74, 6) is -4.96. The second-order valence-electron chi connectivity index (χ2n) is 34.9. The monoisotopic (exact) mass is 1880 g/mol. The maximum absolute atomic E-state index is 12.8. The normalized spacial score (nSPS) is 14.6. The van der Waals surface area contributed by atoms with E-state index in [1.54, 1.807) is 70.1 Å². The minimum absolute atomic E-state index is 0.0551. The van der Waals surface area contributed by atoms with Crippen molar-refractivity contribution in [2.24, 2.45) is 15.3 Å². The molecule has 6 amide bonds. The highest BCUT2D eigenvalue weighted by Gasteiger charge is 2.41. The lowest BCUT2D eigenvalue weighted by Crippen LogP contribution is -2.43. The average Bonchev–Trinajstić information content (AvgIpc) is 1.63. The molecule has 0 saturated carbocycles. The van der Waals surface area contributed by atoms with Crippen molar-refractivity contribution in [1.29, 1.82) is 0 Å². The number of hydrogen-bond donors (Lipinski definition) is 10. The number of nitrogens with one attached hydrogen (secondary N) is 6. The maximum atomic E-state index is 12.8. The van der Waals surface area contributed by atoms with Gasteiger partial charge in [0.25, 0.3) is 0 Å². The smallest absolute Gasteiger partial charge is 0.407 e. The lowest BCUT2D eigenvalue weighted by Gasteiger charge is -2.25. The molecule has 0 radical (unpaired) electrons. The fourth-order valence-corrected chi connectivity index (χ4v) is 20.2. The van der Waals surface area contributed by atoms with E-state index in [4.69, 9.17) is 34.0 Å². The van der Waals surface area contributed by atoms with Crippen LogP contribution in [0.3, 0.4) is 0 Å². The molecule has 31 nitrogen and oxygen atoms in total. The Hall–Kier alpha value is -12.4. The van der Waals surface area contributed by atoms with Crippen molar-refractivity contribution in [1.82, 2.24) is 31.9 Å². The SMILES string of the molecule is CC(C)(C)OC(=O)NCCC(C[C@H](NC(=O)OCC1c2ccccc2-c2ccccc21)C(=O)O)SSC(C)(C)C.CC1(C[C@H](NC(=O)OCC2c3ccccc3-c3ccccc32)C(=O)O)N=N1.CSSC(CC[C@H](NC(=O)OCC1c2ccccc2-c2ccccc21)C(=O)O)CNC(=O)OC(C)(C)C.[N-]=[N+]=NCCC[C@H](NC(=O)OCC1c2ccccc2-c2ccccc21)C(=O)O. The summed E-state index contributed by atoms with van der Waals surface area (Å²) in [6.45, 7) is 19.9. The van der Waals surface area contributed by atoms with Gasteiger partial charge in [-0.3, -0.25) is 0 Å². The molecule has 8 aromatic rings. The topological polar surface area (TPSA) is 453 Å². The Bertz CT molecular complexity index is 5300. The molecule has 0 saturated heterocycles. The molecular weight excluding hydrogens is 1770 g/mol. The minimum atomic E-state index is -1.16. The molecule has 5 aliphatic rings. The Labute approximate surface area is 782 Å². The Balaban J connectivity index is 0.000000185. The molecule has 13 rings (SSSR count). The van der Waals surface area contributed by atoms with E-state index in [1.807, 2.05) is 164 Å². The van der Waals surface area contributed by atoms with E-state index >= 15 is 0 Å². The van der Waals surface area contributed by atoms with Crippen LogP contribution in [0.5, 0.6) is 0 Å². The molecule has 35 heteroatoms. The van der Waals surface area contributed by atoms with Gasteiger partial charge in [0, 0.05) is 69.9 Å². The predicted octanol–water partition coefficient (Wildman–Crippen LogP) is 20.1. The van der Waals surface area contributed by atoms with Crippen LogP contribution < -0.4 is 31.9 Å². The van der Waals surface area contributed by atoms with Gasteiger partial charge in [-0.2, -0.15) is 10.2 Å². The van der Waals surface area contributed by atoms with Crippen molar-refractivity contribution in [2.75, 3.05) is 52.3 Å². The third kappa shape index (κ3) is 30.1. The zero-order valence-corrected chi connectivity index (χ0v) is 78.6.